The molecule has 0 spiro atoms. The number of nitrogens with zero attached hydrogens (tertiary/aromatic N) is 1. The Bertz CT molecular complexity index is 406. The van der Waals surface area contributed by atoms with E-state index < -0.39 is 4.92 Å². The number of ketones is 1. The number of nitro groups is 1. The highest BCUT2D eigenvalue weighted by molar-refractivity contribution is 7.99. The van der Waals surface area contributed by atoms with Gasteiger partial charge >= 0.3 is 0 Å². The molecule has 0 heterocycles. The van der Waals surface area contributed by atoms with Crippen molar-refractivity contribution in [3.63, 3.8) is 0 Å². The summed E-state index contributed by atoms with van der Waals surface area (Å²) in [5.41, 5.74) is 0.402. The highest BCUT2D eigenvalue weighted by Gasteiger charge is 2.10. The van der Waals surface area contributed by atoms with Gasteiger partial charge in [-0.3, -0.25) is 14.9 Å². The number of hydrogen-bond acceptors (Lipinski definition) is 4. The van der Waals surface area contributed by atoms with E-state index in [9.17, 15) is 14.9 Å². The van der Waals surface area contributed by atoms with E-state index in [0.29, 0.717) is 12.0 Å². The third kappa shape index (κ3) is 4.56. The summed E-state index contributed by atoms with van der Waals surface area (Å²) in [4.78, 5) is 21.8. The van der Waals surface area contributed by atoms with Gasteiger partial charge in [-0.25, -0.2) is 0 Å². The van der Waals surface area contributed by atoms with Crippen molar-refractivity contribution < 1.29 is 9.72 Å². The molecule has 0 aliphatic heterocycles. The van der Waals surface area contributed by atoms with Crippen LogP contribution in [0.4, 0.5) is 5.69 Å². The molecule has 0 fully saturated rings. The lowest BCUT2D eigenvalue weighted by Gasteiger charge is -2.01. The zero-order chi connectivity index (χ0) is 12.7. The molecule has 1 aromatic rings. The quantitative estimate of drug-likeness (QED) is 0.324. The van der Waals surface area contributed by atoms with E-state index in [-0.39, 0.29) is 11.5 Å². The number of carbonyl (C=O) groups excluding carboxylic acids is 1. The van der Waals surface area contributed by atoms with Crippen molar-refractivity contribution in [1.82, 2.24) is 0 Å². The molecule has 1 aromatic carbocycles. The Kier molecular flexibility index (Phi) is 5.69. The van der Waals surface area contributed by atoms with Crippen molar-refractivity contribution in [3.05, 3.63) is 39.9 Å². The number of hydrogen-bond donors (Lipinski definition) is 0. The second-order valence-corrected chi connectivity index (χ2v) is 4.92. The van der Waals surface area contributed by atoms with Gasteiger partial charge in [0.25, 0.3) is 5.69 Å². The van der Waals surface area contributed by atoms with Gasteiger partial charge in [0.1, 0.15) is 0 Å². The van der Waals surface area contributed by atoms with Crippen molar-refractivity contribution in [2.45, 2.75) is 19.8 Å². The monoisotopic (exact) mass is 253 g/mol. The molecule has 0 atom stereocenters. The van der Waals surface area contributed by atoms with Gasteiger partial charge in [0, 0.05) is 24.1 Å². The van der Waals surface area contributed by atoms with Crippen molar-refractivity contribution >= 4 is 23.2 Å². The van der Waals surface area contributed by atoms with Crippen LogP contribution in [0.5, 0.6) is 0 Å². The Labute approximate surface area is 105 Å². The molecule has 0 unspecified atom stereocenters. The molecular formula is C12H15NO3S. The van der Waals surface area contributed by atoms with E-state index in [1.807, 2.05) is 0 Å². The lowest BCUT2D eigenvalue weighted by molar-refractivity contribution is -0.384. The van der Waals surface area contributed by atoms with Gasteiger partial charge < -0.3 is 0 Å². The normalized spacial score (nSPS) is 10.2. The first kappa shape index (κ1) is 13.7. The molecular weight excluding hydrogens is 238 g/mol. The van der Waals surface area contributed by atoms with Gasteiger partial charge in [0.2, 0.25) is 0 Å². The lowest BCUT2D eigenvalue weighted by Crippen LogP contribution is -2.00. The summed E-state index contributed by atoms with van der Waals surface area (Å²) in [5.74, 6) is 1.98. The Morgan fingerprint density at radius 2 is 2.24 bits per heavy atom. The predicted molar refractivity (Wildman–Crippen MR) is 69.7 cm³/mol. The van der Waals surface area contributed by atoms with Gasteiger partial charge in [-0.15, -0.1) is 0 Å². The first-order chi connectivity index (χ1) is 8.15. The van der Waals surface area contributed by atoms with Crippen LogP contribution in [0.1, 0.15) is 30.1 Å². The third-order valence-electron chi connectivity index (χ3n) is 2.28. The average Bonchev–Trinajstić information content (AvgIpc) is 2.34. The molecule has 4 nitrogen and oxygen atoms in total. The van der Waals surface area contributed by atoms with Crippen LogP contribution in [0.15, 0.2) is 24.3 Å². The standard InChI is InChI=1S/C12H15NO3S/c1-2-17-8-4-7-12(14)10-5-3-6-11(9-10)13(15)16/h3,5-6,9H,2,4,7-8H2,1H3. The van der Waals surface area contributed by atoms with Crippen LogP contribution in [0, 0.1) is 10.1 Å². The first-order valence-electron chi connectivity index (χ1n) is 5.50. The summed E-state index contributed by atoms with van der Waals surface area (Å²) in [7, 11) is 0. The van der Waals surface area contributed by atoms with Crippen molar-refractivity contribution in [2.75, 3.05) is 11.5 Å². The van der Waals surface area contributed by atoms with Crippen LogP contribution < -0.4 is 0 Å². The van der Waals surface area contributed by atoms with Crippen LogP contribution in [-0.4, -0.2) is 22.2 Å². The lowest BCUT2D eigenvalue weighted by atomic mass is 10.1. The van der Waals surface area contributed by atoms with Gasteiger partial charge in [-0.05, 0) is 17.9 Å². The number of Topliss-reactive ketones (excluding diaryl/α,β-unsaturated/α-hetero) is 1. The topological polar surface area (TPSA) is 60.2 Å². The molecule has 0 radical (unpaired) electrons. The minimum absolute atomic E-state index is 0.0228. The molecule has 17 heavy (non-hydrogen) atoms. The fourth-order valence-corrected chi connectivity index (χ4v) is 2.05. The van der Waals surface area contributed by atoms with E-state index in [1.165, 1.54) is 12.1 Å². The second kappa shape index (κ2) is 7.06. The molecule has 0 aromatic heterocycles. The van der Waals surface area contributed by atoms with E-state index in [2.05, 4.69) is 6.92 Å². The Hall–Kier alpha value is -1.36. The minimum atomic E-state index is -0.482. The van der Waals surface area contributed by atoms with Gasteiger partial charge in [0.15, 0.2) is 5.78 Å². The summed E-state index contributed by atoms with van der Waals surface area (Å²) in [6.07, 6.45) is 1.27. The van der Waals surface area contributed by atoms with Crippen LogP contribution in [0.2, 0.25) is 0 Å². The highest BCUT2D eigenvalue weighted by Crippen LogP contribution is 2.15. The van der Waals surface area contributed by atoms with Crippen LogP contribution in [0.3, 0.4) is 0 Å². The average molecular weight is 253 g/mol. The molecule has 0 saturated heterocycles. The zero-order valence-electron chi connectivity index (χ0n) is 9.72. The van der Waals surface area contributed by atoms with E-state index in [0.717, 1.165) is 17.9 Å². The van der Waals surface area contributed by atoms with Gasteiger partial charge in [0.05, 0.1) is 4.92 Å². The van der Waals surface area contributed by atoms with Crippen molar-refractivity contribution in [1.29, 1.82) is 0 Å². The van der Waals surface area contributed by atoms with Gasteiger partial charge in [-0.2, -0.15) is 11.8 Å². The summed E-state index contributed by atoms with van der Waals surface area (Å²) in [5, 5.41) is 10.6. The summed E-state index contributed by atoms with van der Waals surface area (Å²) in [6.45, 7) is 2.08. The molecule has 0 aliphatic rings. The molecule has 0 aliphatic carbocycles. The van der Waals surface area contributed by atoms with Crippen LogP contribution in [0.25, 0.3) is 0 Å². The van der Waals surface area contributed by atoms with Crippen LogP contribution in [-0.2, 0) is 0 Å². The first-order valence-corrected chi connectivity index (χ1v) is 6.66. The fraction of sp³-hybridized carbons (Fsp3) is 0.417. The molecule has 0 N–H and O–H groups in total. The minimum Gasteiger partial charge on any atom is -0.294 e. The van der Waals surface area contributed by atoms with E-state index >= 15 is 0 Å². The number of non-ortho nitro benzene ring substituents is 1. The number of nitro benzene ring substituents is 1. The SMILES string of the molecule is CCSCCCC(=O)c1cccc([N+](=O)[O-])c1. The largest absolute Gasteiger partial charge is 0.294 e. The Morgan fingerprint density at radius 1 is 1.47 bits per heavy atom. The molecule has 92 valence electrons. The van der Waals surface area contributed by atoms with E-state index in [1.54, 1.807) is 23.9 Å². The smallest absolute Gasteiger partial charge is 0.270 e. The predicted octanol–water partition coefficient (Wildman–Crippen LogP) is 3.31. The Morgan fingerprint density at radius 3 is 2.88 bits per heavy atom. The molecule has 0 saturated carbocycles. The summed E-state index contributed by atoms with van der Waals surface area (Å²) < 4.78 is 0. The summed E-state index contributed by atoms with van der Waals surface area (Å²) >= 11 is 1.79. The maximum Gasteiger partial charge on any atom is 0.270 e. The number of rotatable bonds is 7. The molecule has 0 bridgehead atoms. The maximum absolute atomic E-state index is 11.8. The van der Waals surface area contributed by atoms with E-state index in [4.69, 9.17) is 0 Å². The van der Waals surface area contributed by atoms with Crippen LogP contribution >= 0.6 is 11.8 Å². The third-order valence-corrected chi connectivity index (χ3v) is 3.26. The highest BCUT2D eigenvalue weighted by atomic mass is 32.2. The fourth-order valence-electron chi connectivity index (χ4n) is 1.42. The molecule has 1 rings (SSSR count). The molecule has 0 amide bonds. The summed E-state index contributed by atoms with van der Waals surface area (Å²) in [6, 6.07) is 5.91. The number of thioether (sulfide) groups is 1. The Balaban J connectivity index is 2.56. The van der Waals surface area contributed by atoms with Crippen molar-refractivity contribution in [2.24, 2.45) is 0 Å². The second-order valence-electron chi connectivity index (χ2n) is 3.53. The molecule has 5 heteroatoms. The van der Waals surface area contributed by atoms with Gasteiger partial charge in [-0.1, -0.05) is 19.1 Å². The van der Waals surface area contributed by atoms with Crippen molar-refractivity contribution in [3.8, 4) is 0 Å². The number of benzene rings is 1. The number of carbonyl (C=O) groups is 1. The zero-order valence-corrected chi connectivity index (χ0v) is 10.5. The maximum atomic E-state index is 11.8.